The minimum Gasteiger partial charge on any atom is -0.369 e. The van der Waals surface area contributed by atoms with Crippen molar-refractivity contribution in [2.75, 3.05) is 13.1 Å². The Morgan fingerprint density at radius 3 is 1.30 bits per heavy atom. The van der Waals surface area contributed by atoms with E-state index in [2.05, 4.69) is 10.6 Å². The minimum atomic E-state index is -1.34. The average Bonchev–Trinajstić information content (AvgIpc) is 3.10. The van der Waals surface area contributed by atoms with E-state index in [9.17, 15) is 19.2 Å². The molecule has 0 saturated carbocycles. The molecular formula is C39H48N4O4. The van der Waals surface area contributed by atoms with Crippen molar-refractivity contribution in [2.24, 2.45) is 22.3 Å². The van der Waals surface area contributed by atoms with Gasteiger partial charge in [0.15, 0.2) is 11.6 Å². The van der Waals surface area contributed by atoms with Crippen molar-refractivity contribution in [2.45, 2.75) is 69.9 Å². The molecule has 0 aromatic heterocycles. The molecule has 0 spiro atoms. The zero-order chi connectivity index (χ0) is 33.5. The molecule has 2 amide bonds. The van der Waals surface area contributed by atoms with Gasteiger partial charge in [-0.1, -0.05) is 129 Å². The van der Waals surface area contributed by atoms with Crippen LogP contribution in [0.3, 0.4) is 0 Å². The van der Waals surface area contributed by atoms with Gasteiger partial charge in [-0.15, -0.1) is 0 Å². The highest BCUT2D eigenvalue weighted by atomic mass is 16.2. The van der Waals surface area contributed by atoms with Gasteiger partial charge in [0.1, 0.15) is 10.8 Å². The van der Waals surface area contributed by atoms with E-state index in [0.29, 0.717) is 25.9 Å². The number of Topliss-reactive ketones (excluding diaryl/α,β-unsaturated/α-hetero) is 2. The molecule has 248 valence electrons. The van der Waals surface area contributed by atoms with Crippen LogP contribution < -0.4 is 22.1 Å². The number of ketones is 2. The number of carbonyl (C=O) groups excluding carboxylic acids is 4. The maximum absolute atomic E-state index is 13.8. The summed E-state index contributed by atoms with van der Waals surface area (Å²) in [5, 5.41) is 6.86. The zero-order valence-corrected chi connectivity index (χ0v) is 27.1. The second-order valence-electron chi connectivity index (χ2n) is 12.5. The lowest BCUT2D eigenvalue weighted by Crippen LogP contribution is -2.52. The molecule has 0 fully saturated rings. The molecule has 0 radical (unpaired) electrons. The summed E-state index contributed by atoms with van der Waals surface area (Å²) in [6.45, 7) is 1.28. The van der Waals surface area contributed by atoms with E-state index in [1.165, 1.54) is 0 Å². The number of unbranched alkanes of at least 4 members (excludes halogenated alkanes) is 4. The van der Waals surface area contributed by atoms with Gasteiger partial charge in [0, 0.05) is 0 Å². The smallest absolute Gasteiger partial charge is 0.235 e. The van der Waals surface area contributed by atoms with Crippen molar-refractivity contribution in [3.05, 3.63) is 120 Å². The van der Waals surface area contributed by atoms with Crippen molar-refractivity contribution >= 4 is 23.4 Å². The molecule has 2 aromatic rings. The number of nitrogens with one attached hydrogen (secondary N) is 2. The molecule has 0 saturated heterocycles. The van der Waals surface area contributed by atoms with Crippen LogP contribution in [0.15, 0.2) is 109 Å². The Balaban J connectivity index is 1.26. The number of carbonyl (C=O) groups is 4. The van der Waals surface area contributed by atoms with Crippen LogP contribution in [0.1, 0.15) is 56.1 Å². The summed E-state index contributed by atoms with van der Waals surface area (Å²) in [7, 11) is 0. The highest BCUT2D eigenvalue weighted by Gasteiger charge is 2.45. The first-order valence-electron chi connectivity index (χ1n) is 16.7. The summed E-state index contributed by atoms with van der Waals surface area (Å²) >= 11 is 0. The Labute approximate surface area is 278 Å². The molecule has 4 unspecified atom stereocenters. The normalized spacial score (nSPS) is 21.3. The standard InChI is InChI=1S/C39H48N4O4/c40-36(46)38(22-12-6-13-23-38)34(44)32(28-30-18-8-4-9-19-30)42-26-16-2-1-3-17-27-43-33(29-31-20-10-5-11-21-31)35(45)39(37(41)47)24-14-7-15-25-39/h4-15,18-22,24,32-33,42-43H,1-3,16-17,23,25-29H2,(H2,40,46)(H2,41,47). The molecule has 8 nitrogen and oxygen atoms in total. The predicted molar refractivity (Wildman–Crippen MR) is 186 cm³/mol. The van der Waals surface area contributed by atoms with Crippen molar-refractivity contribution in [1.29, 1.82) is 0 Å². The molecule has 4 atom stereocenters. The van der Waals surface area contributed by atoms with Gasteiger partial charge in [0.2, 0.25) is 11.8 Å². The van der Waals surface area contributed by atoms with Crippen LogP contribution in [0.2, 0.25) is 0 Å². The molecule has 47 heavy (non-hydrogen) atoms. The molecule has 0 heterocycles. The first-order valence-corrected chi connectivity index (χ1v) is 16.7. The summed E-state index contributed by atoms with van der Waals surface area (Å²) in [5.74, 6) is -1.64. The lowest BCUT2D eigenvalue weighted by Gasteiger charge is -2.31. The third-order valence-corrected chi connectivity index (χ3v) is 9.23. The quantitative estimate of drug-likeness (QED) is 0.125. The number of nitrogens with two attached hydrogens (primary N) is 2. The van der Waals surface area contributed by atoms with E-state index in [4.69, 9.17) is 11.5 Å². The average molecular weight is 637 g/mol. The highest BCUT2D eigenvalue weighted by molar-refractivity contribution is 6.11. The summed E-state index contributed by atoms with van der Waals surface area (Å²) in [6.07, 6.45) is 20.2. The first-order chi connectivity index (χ1) is 22.8. The molecule has 4 rings (SSSR count). The Bertz CT molecular complexity index is 1370. The van der Waals surface area contributed by atoms with Gasteiger partial charge >= 0.3 is 0 Å². The Hall–Kier alpha value is -4.40. The van der Waals surface area contributed by atoms with Crippen LogP contribution in [0.5, 0.6) is 0 Å². The van der Waals surface area contributed by atoms with Gasteiger partial charge in [-0.05, 0) is 62.7 Å². The van der Waals surface area contributed by atoms with E-state index >= 15 is 0 Å². The molecule has 6 N–H and O–H groups in total. The lowest BCUT2D eigenvalue weighted by atomic mass is 9.73. The third kappa shape index (κ3) is 9.33. The number of primary amides is 2. The maximum atomic E-state index is 13.8. The van der Waals surface area contributed by atoms with Crippen LogP contribution in [0, 0.1) is 10.8 Å². The van der Waals surface area contributed by atoms with Crippen LogP contribution in [-0.2, 0) is 32.0 Å². The monoisotopic (exact) mass is 636 g/mol. The molecule has 2 aromatic carbocycles. The number of hydrogen-bond acceptors (Lipinski definition) is 6. The van der Waals surface area contributed by atoms with Gasteiger partial charge in [-0.25, -0.2) is 0 Å². The van der Waals surface area contributed by atoms with E-state index in [0.717, 1.165) is 43.2 Å². The van der Waals surface area contributed by atoms with Crippen LogP contribution in [0.4, 0.5) is 0 Å². The van der Waals surface area contributed by atoms with E-state index < -0.39 is 34.7 Å². The molecule has 2 aliphatic rings. The number of rotatable bonds is 20. The fourth-order valence-electron chi connectivity index (χ4n) is 6.38. The molecular weight excluding hydrogens is 588 g/mol. The molecule has 2 aliphatic carbocycles. The molecule has 0 aliphatic heterocycles. The summed E-state index contributed by atoms with van der Waals surface area (Å²) < 4.78 is 0. The summed E-state index contributed by atoms with van der Waals surface area (Å²) in [4.78, 5) is 52.6. The second-order valence-corrected chi connectivity index (χ2v) is 12.5. The largest absolute Gasteiger partial charge is 0.369 e. The number of benzene rings is 2. The van der Waals surface area contributed by atoms with E-state index in [-0.39, 0.29) is 24.4 Å². The zero-order valence-electron chi connectivity index (χ0n) is 27.1. The topological polar surface area (TPSA) is 144 Å². The van der Waals surface area contributed by atoms with Crippen molar-refractivity contribution < 1.29 is 19.2 Å². The van der Waals surface area contributed by atoms with Crippen molar-refractivity contribution in [3.63, 3.8) is 0 Å². The Morgan fingerprint density at radius 2 is 0.957 bits per heavy atom. The molecule has 0 bridgehead atoms. The maximum Gasteiger partial charge on any atom is 0.235 e. The first kappa shape index (κ1) is 35.5. The van der Waals surface area contributed by atoms with Gasteiger partial charge in [-0.3, -0.25) is 19.2 Å². The van der Waals surface area contributed by atoms with Gasteiger partial charge in [-0.2, -0.15) is 0 Å². The minimum absolute atomic E-state index is 0.196. The predicted octanol–water partition coefficient (Wildman–Crippen LogP) is 4.45. The molecule has 8 heteroatoms. The van der Waals surface area contributed by atoms with Crippen molar-refractivity contribution in [3.8, 4) is 0 Å². The number of hydrogen-bond donors (Lipinski definition) is 4. The third-order valence-electron chi connectivity index (χ3n) is 9.23. The van der Waals surface area contributed by atoms with E-state index in [1.807, 2.05) is 85.0 Å². The Kier molecular flexibility index (Phi) is 13.2. The van der Waals surface area contributed by atoms with Gasteiger partial charge < -0.3 is 22.1 Å². The fraction of sp³-hybridized carbons (Fsp3) is 0.385. The van der Waals surface area contributed by atoms with Crippen LogP contribution in [-0.4, -0.2) is 48.6 Å². The summed E-state index contributed by atoms with van der Waals surface area (Å²) in [6, 6.07) is 18.5. The lowest BCUT2D eigenvalue weighted by molar-refractivity contribution is -0.139. The Morgan fingerprint density at radius 1 is 0.574 bits per heavy atom. The highest BCUT2D eigenvalue weighted by Crippen LogP contribution is 2.32. The van der Waals surface area contributed by atoms with E-state index in [1.54, 1.807) is 24.3 Å². The number of amides is 2. The van der Waals surface area contributed by atoms with Crippen LogP contribution >= 0.6 is 0 Å². The number of allylic oxidation sites excluding steroid dienone is 6. The SMILES string of the molecule is NC(=O)C1(C(=O)C(Cc2ccccc2)NCCCCCCCNC(Cc2ccccc2)C(=O)C2(C(N)=O)C=CC=CC2)C=CC=CC1. The van der Waals surface area contributed by atoms with Gasteiger partial charge in [0.05, 0.1) is 12.1 Å². The van der Waals surface area contributed by atoms with Crippen LogP contribution in [0.25, 0.3) is 0 Å². The van der Waals surface area contributed by atoms with Gasteiger partial charge in [0.25, 0.3) is 0 Å². The van der Waals surface area contributed by atoms with Crippen molar-refractivity contribution in [1.82, 2.24) is 10.6 Å². The second kappa shape index (κ2) is 17.5. The summed E-state index contributed by atoms with van der Waals surface area (Å²) in [5.41, 5.74) is 10.9. The fourth-order valence-corrected chi connectivity index (χ4v) is 6.38.